The van der Waals surface area contributed by atoms with Crippen LogP contribution in [0.2, 0.25) is 5.02 Å². The van der Waals surface area contributed by atoms with Crippen LogP contribution in [0.1, 0.15) is 29.6 Å². The number of hydrogen-bond donors (Lipinski definition) is 0. The number of benzene rings is 1. The molecule has 0 aromatic heterocycles. The van der Waals surface area contributed by atoms with Gasteiger partial charge < -0.3 is 0 Å². The lowest BCUT2D eigenvalue weighted by molar-refractivity contribution is -0.384. The fourth-order valence-electron chi connectivity index (χ4n) is 2.14. The molecule has 1 aliphatic carbocycles. The summed E-state index contributed by atoms with van der Waals surface area (Å²) in [6.07, 6.45) is -0.687. The van der Waals surface area contributed by atoms with Gasteiger partial charge in [-0.1, -0.05) is 11.6 Å². The summed E-state index contributed by atoms with van der Waals surface area (Å²) in [5.74, 6) is -3.50. The predicted molar refractivity (Wildman–Crippen MR) is 64.7 cm³/mol. The van der Waals surface area contributed by atoms with E-state index in [1.807, 2.05) is 0 Å². The maximum absolute atomic E-state index is 12.7. The highest BCUT2D eigenvalue weighted by molar-refractivity contribution is 6.34. The third kappa shape index (κ3) is 3.07. The van der Waals surface area contributed by atoms with Crippen LogP contribution in [0.4, 0.5) is 14.5 Å². The van der Waals surface area contributed by atoms with E-state index in [0.717, 1.165) is 6.07 Å². The van der Waals surface area contributed by atoms with Gasteiger partial charge >= 0.3 is 0 Å². The van der Waals surface area contributed by atoms with Gasteiger partial charge in [0.05, 0.1) is 9.95 Å². The number of Topliss-reactive ketones (excluding diaryl/α,β-unsaturated/α-hetero) is 1. The monoisotopic (exact) mass is 289 g/mol. The molecule has 0 spiro atoms. The van der Waals surface area contributed by atoms with Crippen LogP contribution in [0.5, 0.6) is 0 Å². The summed E-state index contributed by atoms with van der Waals surface area (Å²) in [6.45, 7) is 0. The zero-order valence-corrected chi connectivity index (χ0v) is 10.5. The van der Waals surface area contributed by atoms with E-state index in [1.165, 1.54) is 12.1 Å². The van der Waals surface area contributed by atoms with Gasteiger partial charge in [-0.3, -0.25) is 14.9 Å². The zero-order valence-electron chi connectivity index (χ0n) is 9.74. The number of hydrogen-bond acceptors (Lipinski definition) is 3. The van der Waals surface area contributed by atoms with Crippen molar-refractivity contribution in [3.8, 4) is 0 Å². The Labute approximate surface area is 112 Å². The largest absolute Gasteiger partial charge is 0.294 e. The summed E-state index contributed by atoms with van der Waals surface area (Å²) in [7, 11) is 0. The standard InChI is InChI=1S/C12H10ClF2NO3/c13-10-2-1-8(16(18)19)4-9(10)11(17)3-7-5-12(14,15)6-7/h1-2,4,7H,3,5-6H2. The van der Waals surface area contributed by atoms with Crippen molar-refractivity contribution in [2.45, 2.75) is 25.2 Å². The van der Waals surface area contributed by atoms with Gasteiger partial charge in [0, 0.05) is 37.0 Å². The van der Waals surface area contributed by atoms with E-state index in [-0.39, 0.29) is 41.5 Å². The van der Waals surface area contributed by atoms with Gasteiger partial charge in [-0.25, -0.2) is 8.78 Å². The molecular formula is C12H10ClF2NO3. The minimum Gasteiger partial charge on any atom is -0.294 e. The number of nitrogens with zero attached hydrogens (tertiary/aromatic N) is 1. The van der Waals surface area contributed by atoms with Crippen molar-refractivity contribution >= 4 is 23.1 Å². The van der Waals surface area contributed by atoms with Crippen molar-refractivity contribution in [1.29, 1.82) is 0 Å². The lowest BCUT2D eigenvalue weighted by Crippen LogP contribution is -2.36. The second kappa shape index (κ2) is 4.85. The third-order valence-corrected chi connectivity index (χ3v) is 3.44. The molecule has 7 heteroatoms. The van der Waals surface area contributed by atoms with E-state index in [4.69, 9.17) is 11.6 Å². The predicted octanol–water partition coefficient (Wildman–Crippen LogP) is 3.87. The molecule has 1 fully saturated rings. The third-order valence-electron chi connectivity index (χ3n) is 3.11. The molecule has 0 aliphatic heterocycles. The van der Waals surface area contributed by atoms with Crippen molar-refractivity contribution < 1.29 is 18.5 Å². The van der Waals surface area contributed by atoms with Crippen LogP contribution in [-0.2, 0) is 0 Å². The smallest absolute Gasteiger partial charge is 0.270 e. The molecule has 0 radical (unpaired) electrons. The number of nitro groups is 1. The first-order valence-electron chi connectivity index (χ1n) is 5.63. The van der Waals surface area contributed by atoms with Crippen molar-refractivity contribution in [1.82, 2.24) is 0 Å². The summed E-state index contributed by atoms with van der Waals surface area (Å²) >= 11 is 5.80. The quantitative estimate of drug-likeness (QED) is 0.480. The molecule has 0 amide bonds. The Morgan fingerprint density at radius 2 is 2.11 bits per heavy atom. The van der Waals surface area contributed by atoms with Gasteiger partial charge in [-0.05, 0) is 12.0 Å². The minimum atomic E-state index is -2.68. The van der Waals surface area contributed by atoms with Crippen LogP contribution in [0.25, 0.3) is 0 Å². The number of carbonyl (C=O) groups is 1. The van der Waals surface area contributed by atoms with Crippen LogP contribution < -0.4 is 0 Å². The number of non-ortho nitro benzene ring substituents is 1. The average Bonchev–Trinajstić information content (AvgIpc) is 2.26. The maximum Gasteiger partial charge on any atom is 0.270 e. The Hall–Kier alpha value is -1.56. The molecule has 0 unspecified atom stereocenters. The number of ketones is 1. The first kappa shape index (κ1) is 13.9. The van der Waals surface area contributed by atoms with E-state index in [0.29, 0.717) is 0 Å². The van der Waals surface area contributed by atoms with Gasteiger partial charge in [0.2, 0.25) is 5.92 Å². The molecule has 0 heterocycles. The molecule has 2 rings (SSSR count). The van der Waals surface area contributed by atoms with Crippen LogP contribution in [-0.4, -0.2) is 16.6 Å². The Morgan fingerprint density at radius 1 is 1.47 bits per heavy atom. The summed E-state index contributed by atoms with van der Waals surface area (Å²) in [6, 6.07) is 3.54. The Morgan fingerprint density at radius 3 is 2.63 bits per heavy atom. The van der Waals surface area contributed by atoms with Crippen LogP contribution in [0.15, 0.2) is 18.2 Å². The molecule has 0 N–H and O–H groups in total. The van der Waals surface area contributed by atoms with Gasteiger partial charge in [-0.15, -0.1) is 0 Å². The van der Waals surface area contributed by atoms with Crippen molar-refractivity contribution in [2.75, 3.05) is 0 Å². The normalized spacial score (nSPS) is 17.8. The number of alkyl halides is 2. The fourth-order valence-corrected chi connectivity index (χ4v) is 2.36. The van der Waals surface area contributed by atoms with Crippen LogP contribution >= 0.6 is 11.6 Å². The molecule has 0 atom stereocenters. The molecule has 1 aliphatic rings. The van der Waals surface area contributed by atoms with E-state index < -0.39 is 16.6 Å². The number of carbonyl (C=O) groups excluding carboxylic acids is 1. The molecule has 4 nitrogen and oxygen atoms in total. The summed E-state index contributed by atoms with van der Waals surface area (Å²) < 4.78 is 25.3. The van der Waals surface area contributed by atoms with E-state index in [2.05, 4.69) is 0 Å². The van der Waals surface area contributed by atoms with E-state index in [9.17, 15) is 23.7 Å². The topological polar surface area (TPSA) is 60.2 Å². The zero-order chi connectivity index (χ0) is 14.2. The SMILES string of the molecule is O=C(CC1CC(F)(F)C1)c1cc([N+](=O)[O-])ccc1Cl. The highest BCUT2D eigenvalue weighted by Gasteiger charge is 2.45. The van der Waals surface area contributed by atoms with Crippen LogP contribution in [0, 0.1) is 16.0 Å². The molecule has 0 bridgehead atoms. The Balaban J connectivity index is 2.11. The molecule has 1 saturated carbocycles. The van der Waals surface area contributed by atoms with Gasteiger partial charge in [0.1, 0.15) is 0 Å². The molecule has 0 saturated heterocycles. The van der Waals surface area contributed by atoms with Gasteiger partial charge in [0.15, 0.2) is 5.78 Å². The highest BCUT2D eigenvalue weighted by Crippen LogP contribution is 2.44. The van der Waals surface area contributed by atoms with Crippen molar-refractivity contribution in [3.63, 3.8) is 0 Å². The molecule has 1 aromatic carbocycles. The summed E-state index contributed by atoms with van der Waals surface area (Å²) in [5, 5.41) is 10.7. The van der Waals surface area contributed by atoms with Gasteiger partial charge in [-0.2, -0.15) is 0 Å². The number of nitro benzene ring substituents is 1. The molecular weight excluding hydrogens is 280 g/mol. The number of halogens is 3. The van der Waals surface area contributed by atoms with E-state index >= 15 is 0 Å². The van der Waals surface area contributed by atoms with Gasteiger partial charge in [0.25, 0.3) is 5.69 Å². The first-order chi connectivity index (χ1) is 8.78. The lowest BCUT2D eigenvalue weighted by atomic mass is 9.77. The minimum absolute atomic E-state index is 0.0195. The van der Waals surface area contributed by atoms with Crippen molar-refractivity contribution in [2.24, 2.45) is 5.92 Å². The maximum atomic E-state index is 12.7. The summed E-state index contributed by atoms with van der Waals surface area (Å²) in [5.41, 5.74) is -0.224. The van der Waals surface area contributed by atoms with Crippen molar-refractivity contribution in [3.05, 3.63) is 38.9 Å². The first-order valence-corrected chi connectivity index (χ1v) is 6.01. The van der Waals surface area contributed by atoms with E-state index in [1.54, 1.807) is 0 Å². The fraction of sp³-hybridized carbons (Fsp3) is 0.417. The Bertz CT molecular complexity index is 540. The highest BCUT2D eigenvalue weighted by atomic mass is 35.5. The Kier molecular flexibility index (Phi) is 3.54. The summed E-state index contributed by atoms with van der Waals surface area (Å²) in [4.78, 5) is 21.9. The lowest BCUT2D eigenvalue weighted by Gasteiger charge is -2.34. The molecule has 1 aromatic rings. The second-order valence-electron chi connectivity index (χ2n) is 4.68. The molecule has 19 heavy (non-hydrogen) atoms. The average molecular weight is 290 g/mol. The molecule has 102 valence electrons. The van der Waals surface area contributed by atoms with Crippen LogP contribution in [0.3, 0.4) is 0 Å². The number of rotatable bonds is 4. The second-order valence-corrected chi connectivity index (χ2v) is 5.09.